The highest BCUT2D eigenvalue weighted by atomic mass is 32.2. The Hall–Kier alpha value is -1.96. The van der Waals surface area contributed by atoms with Crippen LogP contribution in [0.4, 0.5) is 0 Å². The summed E-state index contributed by atoms with van der Waals surface area (Å²) in [4.78, 5) is 13.5. The van der Waals surface area contributed by atoms with Crippen molar-refractivity contribution in [3.8, 4) is 0 Å². The Balaban J connectivity index is 1.57. The van der Waals surface area contributed by atoms with Gasteiger partial charge in [-0.3, -0.25) is 4.79 Å². The lowest BCUT2D eigenvalue weighted by Crippen LogP contribution is -3.06. The summed E-state index contributed by atoms with van der Waals surface area (Å²) in [6.45, 7) is 8.68. The van der Waals surface area contributed by atoms with Gasteiger partial charge in [-0.2, -0.15) is 4.31 Å². The summed E-state index contributed by atoms with van der Waals surface area (Å²) in [5.41, 5.74) is 0.0554. The van der Waals surface area contributed by atoms with Crippen molar-refractivity contribution in [2.24, 2.45) is 0 Å². The fraction of sp³-hybridized carbons (Fsp3) is 0.593. The number of fused-ring (bicyclic) bond motifs is 1. The van der Waals surface area contributed by atoms with E-state index in [-0.39, 0.29) is 40.5 Å². The fourth-order valence-corrected chi connectivity index (χ4v) is 7.95. The second kappa shape index (κ2) is 9.59. The van der Waals surface area contributed by atoms with E-state index in [1.807, 2.05) is 30.3 Å². The fourth-order valence-electron chi connectivity index (χ4n) is 6.28. The van der Waals surface area contributed by atoms with Crippen LogP contribution in [0.1, 0.15) is 72.6 Å². The van der Waals surface area contributed by atoms with Crippen LogP contribution in [-0.4, -0.2) is 48.3 Å². The molecule has 1 amide bonds. The monoisotopic (exact) mass is 486 g/mol. The number of hydrogen-bond acceptors (Lipinski definition) is 3. The summed E-state index contributed by atoms with van der Waals surface area (Å²) in [7, 11) is -3.81. The third-order valence-corrected chi connectivity index (χ3v) is 9.19. The van der Waals surface area contributed by atoms with E-state index in [9.17, 15) is 13.2 Å². The zero-order valence-corrected chi connectivity index (χ0v) is 21.8. The van der Waals surface area contributed by atoms with E-state index in [0.29, 0.717) is 0 Å². The van der Waals surface area contributed by atoms with Crippen LogP contribution in [0.15, 0.2) is 47.4 Å². The minimum absolute atomic E-state index is 0.0277. The summed E-state index contributed by atoms with van der Waals surface area (Å²) in [6, 6.07) is 12.9. The minimum Gasteiger partial charge on any atom is -0.352 e. The Morgan fingerprint density at radius 3 is 2.24 bits per heavy atom. The molecule has 0 atom stereocenters. The van der Waals surface area contributed by atoms with E-state index in [1.54, 1.807) is 12.1 Å². The smallest absolute Gasteiger partial charge is 0.243 e. The van der Waals surface area contributed by atoms with Crippen LogP contribution in [0.2, 0.25) is 0 Å². The van der Waals surface area contributed by atoms with Crippen LogP contribution in [-0.2, 0) is 14.8 Å². The lowest BCUT2D eigenvalue weighted by Gasteiger charge is -2.43. The van der Waals surface area contributed by atoms with Crippen molar-refractivity contribution in [1.29, 1.82) is 0 Å². The number of nitrogens with one attached hydrogen (secondary N) is 1. The molecule has 2 aromatic rings. The summed E-state index contributed by atoms with van der Waals surface area (Å²) >= 11 is 0. The predicted octanol–water partition coefficient (Wildman–Crippen LogP) is 3.56. The number of quaternary nitrogens is 1. The summed E-state index contributed by atoms with van der Waals surface area (Å²) in [6.07, 6.45) is 6.45. The number of piperidine rings is 1. The zero-order valence-electron chi connectivity index (χ0n) is 21.0. The molecule has 2 aromatic carbocycles. The van der Waals surface area contributed by atoms with E-state index in [0.717, 1.165) is 55.7 Å². The van der Waals surface area contributed by atoms with Crippen molar-refractivity contribution in [2.45, 2.75) is 101 Å². The van der Waals surface area contributed by atoms with Crippen molar-refractivity contribution in [1.82, 2.24) is 9.62 Å². The van der Waals surface area contributed by atoms with Crippen molar-refractivity contribution < 1.29 is 18.5 Å². The van der Waals surface area contributed by atoms with Gasteiger partial charge in [-0.25, -0.2) is 8.42 Å². The molecule has 34 heavy (non-hydrogen) atoms. The zero-order chi connectivity index (χ0) is 24.6. The second-order valence-electron chi connectivity index (χ2n) is 11.6. The number of nitrogens with two attached hydrogens (primary N) is 1. The van der Waals surface area contributed by atoms with Gasteiger partial charge in [0.05, 0.1) is 22.5 Å². The molecular formula is C27H40N3O3S+. The van der Waals surface area contributed by atoms with E-state index in [1.165, 1.54) is 4.31 Å². The number of carbonyl (C=O) groups excluding carboxylic acids is 1. The van der Waals surface area contributed by atoms with Gasteiger partial charge in [-0.05, 0) is 63.4 Å². The average Bonchev–Trinajstić information content (AvgIpc) is 2.75. The number of nitrogens with zero attached hydrogens (tertiary/aromatic N) is 1. The van der Waals surface area contributed by atoms with Crippen molar-refractivity contribution in [2.75, 3.05) is 6.54 Å². The Kier molecular flexibility index (Phi) is 7.09. The molecule has 1 aliphatic carbocycles. The summed E-state index contributed by atoms with van der Waals surface area (Å²) in [5.74, 6) is -0.201. The SMILES string of the molecule is CC1(C)CC(NC(=O)CN(C2CCCCC2)S(=O)(=O)c2ccc3ccccc3c2)CC(C)(C)[NH2+]1. The number of benzene rings is 2. The van der Waals surface area contributed by atoms with Crippen LogP contribution in [0, 0.1) is 0 Å². The number of sulfonamides is 1. The van der Waals surface area contributed by atoms with Crippen LogP contribution >= 0.6 is 0 Å². The molecule has 7 heteroatoms. The Morgan fingerprint density at radius 2 is 1.59 bits per heavy atom. The van der Waals surface area contributed by atoms with Gasteiger partial charge in [0.15, 0.2) is 0 Å². The van der Waals surface area contributed by atoms with Crippen LogP contribution in [0.3, 0.4) is 0 Å². The van der Waals surface area contributed by atoms with Crippen LogP contribution in [0.25, 0.3) is 10.8 Å². The quantitative estimate of drug-likeness (QED) is 0.655. The maximum atomic E-state index is 13.9. The maximum absolute atomic E-state index is 13.9. The molecule has 3 N–H and O–H groups in total. The third-order valence-electron chi connectivity index (χ3n) is 7.30. The maximum Gasteiger partial charge on any atom is 0.243 e. The lowest BCUT2D eigenvalue weighted by molar-refractivity contribution is -0.787. The van der Waals surface area contributed by atoms with E-state index >= 15 is 0 Å². The molecule has 6 nitrogen and oxygen atoms in total. The molecule has 186 valence electrons. The highest BCUT2D eigenvalue weighted by molar-refractivity contribution is 7.89. The van der Waals surface area contributed by atoms with Crippen LogP contribution < -0.4 is 10.6 Å². The molecule has 2 fully saturated rings. The highest BCUT2D eigenvalue weighted by Crippen LogP contribution is 2.29. The molecular weight excluding hydrogens is 446 g/mol. The van der Waals surface area contributed by atoms with Crippen molar-refractivity contribution in [3.05, 3.63) is 42.5 Å². The summed E-state index contributed by atoms with van der Waals surface area (Å²) in [5, 5.41) is 7.45. The van der Waals surface area contributed by atoms with Gasteiger partial charge in [0.25, 0.3) is 0 Å². The van der Waals surface area contributed by atoms with Gasteiger partial charge in [-0.1, -0.05) is 49.6 Å². The van der Waals surface area contributed by atoms with E-state index in [2.05, 4.69) is 38.3 Å². The molecule has 0 spiro atoms. The summed E-state index contributed by atoms with van der Waals surface area (Å²) < 4.78 is 29.2. The molecule has 1 saturated heterocycles. The second-order valence-corrected chi connectivity index (χ2v) is 13.5. The van der Waals surface area contributed by atoms with Gasteiger partial charge in [0.2, 0.25) is 15.9 Å². The Labute approximate surface area is 204 Å². The van der Waals surface area contributed by atoms with Gasteiger partial charge in [0, 0.05) is 24.9 Å². The molecule has 0 unspecified atom stereocenters. The average molecular weight is 487 g/mol. The molecule has 0 radical (unpaired) electrons. The lowest BCUT2D eigenvalue weighted by atomic mass is 9.79. The third kappa shape index (κ3) is 5.81. The standard InChI is InChI=1S/C27H39N3O3S/c1-26(2)17-22(18-27(3,4)29-26)28-25(31)19-30(23-12-6-5-7-13-23)34(32,33)24-15-14-20-10-8-9-11-21(20)16-24/h8-11,14-16,22-23,29H,5-7,12-13,17-19H2,1-4H3,(H,28,31)/p+1. The topological polar surface area (TPSA) is 83.1 Å². The molecule has 0 bridgehead atoms. The molecule has 1 saturated carbocycles. The first kappa shape index (κ1) is 25.1. The number of rotatable bonds is 6. The largest absolute Gasteiger partial charge is 0.352 e. The first-order valence-corrected chi connectivity index (χ1v) is 14.1. The van der Waals surface area contributed by atoms with Crippen molar-refractivity contribution >= 4 is 26.7 Å². The molecule has 0 aromatic heterocycles. The molecule has 2 aliphatic rings. The minimum atomic E-state index is -3.81. The highest BCUT2D eigenvalue weighted by Gasteiger charge is 2.42. The van der Waals surface area contributed by atoms with Crippen LogP contribution in [0.5, 0.6) is 0 Å². The predicted molar refractivity (Wildman–Crippen MR) is 136 cm³/mol. The van der Waals surface area contributed by atoms with E-state index < -0.39 is 10.0 Å². The van der Waals surface area contributed by atoms with Crippen molar-refractivity contribution in [3.63, 3.8) is 0 Å². The first-order valence-electron chi connectivity index (χ1n) is 12.6. The molecule has 1 aliphatic heterocycles. The Morgan fingerprint density at radius 1 is 0.971 bits per heavy atom. The van der Waals surface area contributed by atoms with Gasteiger partial charge in [-0.15, -0.1) is 0 Å². The Bertz CT molecular complexity index is 1120. The normalized spacial score (nSPS) is 21.6. The first-order chi connectivity index (χ1) is 16.0. The number of hydrogen-bond donors (Lipinski definition) is 2. The van der Waals surface area contributed by atoms with Gasteiger partial charge >= 0.3 is 0 Å². The van der Waals surface area contributed by atoms with Gasteiger partial charge < -0.3 is 10.6 Å². The molecule has 4 rings (SSSR count). The number of amides is 1. The number of carbonyl (C=O) groups is 1. The van der Waals surface area contributed by atoms with E-state index in [4.69, 9.17) is 0 Å². The van der Waals surface area contributed by atoms with Gasteiger partial charge in [0.1, 0.15) is 0 Å². The molecule has 1 heterocycles.